The lowest BCUT2D eigenvalue weighted by atomic mass is 10.2. The van der Waals surface area contributed by atoms with Gasteiger partial charge in [-0.25, -0.2) is 4.98 Å². The summed E-state index contributed by atoms with van der Waals surface area (Å²) >= 11 is 6.02. The first kappa shape index (κ1) is 16.3. The third-order valence-corrected chi connectivity index (χ3v) is 3.94. The van der Waals surface area contributed by atoms with E-state index in [1.807, 2.05) is 12.1 Å². The van der Waals surface area contributed by atoms with Crippen LogP contribution >= 0.6 is 11.6 Å². The zero-order valence-corrected chi connectivity index (χ0v) is 14.0. The lowest BCUT2D eigenvalue weighted by Crippen LogP contribution is -2.29. The number of hydrogen-bond donors (Lipinski definition) is 2. The first-order chi connectivity index (χ1) is 11.7. The second-order valence-electron chi connectivity index (χ2n) is 5.25. The van der Waals surface area contributed by atoms with E-state index in [2.05, 4.69) is 27.6 Å². The number of carbonyl (C=O) groups is 1. The van der Waals surface area contributed by atoms with Crippen LogP contribution in [0.25, 0.3) is 5.65 Å². The van der Waals surface area contributed by atoms with E-state index in [4.69, 9.17) is 11.6 Å². The molecule has 6 nitrogen and oxygen atoms in total. The summed E-state index contributed by atoms with van der Waals surface area (Å²) in [5, 5.41) is 10.8. The summed E-state index contributed by atoms with van der Waals surface area (Å²) in [7, 11) is 0. The minimum Gasteiger partial charge on any atom is -0.368 e. The van der Waals surface area contributed by atoms with Gasteiger partial charge >= 0.3 is 0 Å². The van der Waals surface area contributed by atoms with Gasteiger partial charge in [0.25, 0.3) is 5.91 Å². The fourth-order valence-corrected chi connectivity index (χ4v) is 2.60. The third-order valence-electron chi connectivity index (χ3n) is 3.61. The second-order valence-corrected chi connectivity index (χ2v) is 5.66. The Morgan fingerprint density at radius 1 is 1.25 bits per heavy atom. The molecular weight excluding hydrogens is 326 g/mol. The summed E-state index contributed by atoms with van der Waals surface area (Å²) in [6, 6.07) is 10.8. The fourth-order valence-electron chi connectivity index (χ4n) is 2.38. The molecule has 0 saturated heterocycles. The van der Waals surface area contributed by atoms with Gasteiger partial charge in [0, 0.05) is 30.9 Å². The summed E-state index contributed by atoms with van der Waals surface area (Å²) in [5.74, 6) is 0.671. The predicted molar refractivity (Wildman–Crippen MR) is 94.6 cm³/mol. The SMILES string of the molecule is CCc1cc(NCCNC(=O)c2ccccc2Cl)n2nccc2n1. The van der Waals surface area contributed by atoms with Crippen molar-refractivity contribution in [2.45, 2.75) is 13.3 Å². The smallest absolute Gasteiger partial charge is 0.252 e. The molecule has 0 spiro atoms. The van der Waals surface area contributed by atoms with Crippen molar-refractivity contribution in [2.75, 3.05) is 18.4 Å². The Morgan fingerprint density at radius 3 is 2.88 bits per heavy atom. The van der Waals surface area contributed by atoms with Gasteiger partial charge in [-0.3, -0.25) is 4.79 Å². The molecule has 0 aliphatic carbocycles. The van der Waals surface area contributed by atoms with Gasteiger partial charge in [-0.05, 0) is 18.6 Å². The maximum Gasteiger partial charge on any atom is 0.252 e. The zero-order valence-electron chi connectivity index (χ0n) is 13.3. The van der Waals surface area contributed by atoms with Gasteiger partial charge in [-0.1, -0.05) is 30.7 Å². The highest BCUT2D eigenvalue weighted by molar-refractivity contribution is 6.33. The van der Waals surface area contributed by atoms with E-state index in [-0.39, 0.29) is 5.91 Å². The normalized spacial score (nSPS) is 10.8. The highest BCUT2D eigenvalue weighted by Gasteiger charge is 2.09. The van der Waals surface area contributed by atoms with E-state index in [9.17, 15) is 4.79 Å². The van der Waals surface area contributed by atoms with Crippen LogP contribution in [-0.4, -0.2) is 33.6 Å². The summed E-state index contributed by atoms with van der Waals surface area (Å²) in [4.78, 5) is 16.6. The van der Waals surface area contributed by atoms with Crippen molar-refractivity contribution in [1.82, 2.24) is 19.9 Å². The van der Waals surface area contributed by atoms with Gasteiger partial charge in [0.2, 0.25) is 0 Å². The number of aromatic nitrogens is 3. The third kappa shape index (κ3) is 3.49. The average Bonchev–Trinajstić information content (AvgIpc) is 3.07. The van der Waals surface area contributed by atoms with E-state index in [0.29, 0.717) is 23.7 Å². The molecule has 2 N–H and O–H groups in total. The molecule has 0 bridgehead atoms. The van der Waals surface area contributed by atoms with E-state index in [1.165, 1.54) is 0 Å². The molecule has 124 valence electrons. The average molecular weight is 344 g/mol. The molecule has 3 rings (SSSR count). The van der Waals surface area contributed by atoms with Crippen LogP contribution in [0.1, 0.15) is 23.0 Å². The van der Waals surface area contributed by atoms with Crippen LogP contribution in [-0.2, 0) is 6.42 Å². The topological polar surface area (TPSA) is 71.3 Å². The van der Waals surface area contributed by atoms with E-state index in [1.54, 1.807) is 35.0 Å². The molecule has 2 heterocycles. The van der Waals surface area contributed by atoms with Crippen molar-refractivity contribution < 1.29 is 4.79 Å². The number of nitrogens with one attached hydrogen (secondary N) is 2. The molecule has 3 aromatic rings. The van der Waals surface area contributed by atoms with Gasteiger partial charge in [0.1, 0.15) is 5.82 Å². The predicted octanol–water partition coefficient (Wildman–Crippen LogP) is 2.79. The van der Waals surface area contributed by atoms with E-state index < -0.39 is 0 Å². The standard InChI is InChI=1S/C17H18ClN5O/c1-2-12-11-16(23-15(22-12)7-8-21-23)19-9-10-20-17(24)13-5-3-4-6-14(13)18/h3-8,11,19H,2,9-10H2,1H3,(H,20,24). The van der Waals surface area contributed by atoms with E-state index in [0.717, 1.165) is 23.6 Å². The molecule has 0 unspecified atom stereocenters. The highest BCUT2D eigenvalue weighted by atomic mass is 35.5. The summed E-state index contributed by atoms with van der Waals surface area (Å²) < 4.78 is 1.75. The molecule has 24 heavy (non-hydrogen) atoms. The largest absolute Gasteiger partial charge is 0.368 e. The van der Waals surface area contributed by atoms with Gasteiger partial charge < -0.3 is 10.6 Å². The van der Waals surface area contributed by atoms with Crippen molar-refractivity contribution in [3.8, 4) is 0 Å². The van der Waals surface area contributed by atoms with Crippen molar-refractivity contribution in [2.24, 2.45) is 0 Å². The number of amides is 1. The Hall–Kier alpha value is -2.60. The number of benzene rings is 1. The lowest BCUT2D eigenvalue weighted by Gasteiger charge is -2.11. The molecule has 0 aliphatic rings. The molecule has 0 radical (unpaired) electrons. The number of rotatable bonds is 6. The number of anilines is 1. The second kappa shape index (κ2) is 7.31. The molecule has 1 aromatic carbocycles. The van der Waals surface area contributed by atoms with Crippen molar-refractivity contribution in [3.05, 3.63) is 58.9 Å². The fraction of sp³-hybridized carbons (Fsp3) is 0.235. The Morgan fingerprint density at radius 2 is 2.08 bits per heavy atom. The molecule has 0 fully saturated rings. The highest BCUT2D eigenvalue weighted by Crippen LogP contribution is 2.14. The maximum atomic E-state index is 12.1. The molecule has 0 atom stereocenters. The number of hydrogen-bond acceptors (Lipinski definition) is 4. The molecule has 0 saturated carbocycles. The Bertz CT molecular complexity index is 861. The zero-order chi connectivity index (χ0) is 16.9. The molecule has 0 aliphatic heterocycles. The van der Waals surface area contributed by atoms with Crippen LogP contribution in [0.15, 0.2) is 42.6 Å². The molecule has 2 aromatic heterocycles. The van der Waals surface area contributed by atoms with E-state index >= 15 is 0 Å². The number of nitrogens with zero attached hydrogens (tertiary/aromatic N) is 3. The Labute approximate surface area is 144 Å². The lowest BCUT2D eigenvalue weighted by molar-refractivity contribution is 0.0955. The Kier molecular flexibility index (Phi) is 4.96. The number of fused-ring (bicyclic) bond motifs is 1. The van der Waals surface area contributed by atoms with Crippen molar-refractivity contribution >= 4 is 29.0 Å². The summed E-state index contributed by atoms with van der Waals surface area (Å²) in [6.07, 6.45) is 2.56. The molecule has 7 heteroatoms. The monoisotopic (exact) mass is 343 g/mol. The van der Waals surface area contributed by atoms with Crippen molar-refractivity contribution in [1.29, 1.82) is 0 Å². The van der Waals surface area contributed by atoms with Gasteiger partial charge in [0.15, 0.2) is 5.65 Å². The number of halogens is 1. The van der Waals surface area contributed by atoms with Crippen LogP contribution in [0.2, 0.25) is 5.02 Å². The van der Waals surface area contributed by atoms with Gasteiger partial charge in [-0.2, -0.15) is 9.61 Å². The van der Waals surface area contributed by atoms with Crippen LogP contribution in [0.4, 0.5) is 5.82 Å². The van der Waals surface area contributed by atoms with Gasteiger partial charge in [0.05, 0.1) is 16.8 Å². The Balaban J connectivity index is 1.60. The van der Waals surface area contributed by atoms with Gasteiger partial charge in [-0.15, -0.1) is 0 Å². The summed E-state index contributed by atoms with van der Waals surface area (Å²) in [6.45, 7) is 3.09. The quantitative estimate of drug-likeness (QED) is 0.675. The van der Waals surface area contributed by atoms with Crippen LogP contribution in [0, 0.1) is 0 Å². The minimum atomic E-state index is -0.185. The first-order valence-electron chi connectivity index (χ1n) is 7.79. The molecular formula is C17H18ClN5O. The van der Waals surface area contributed by atoms with Crippen LogP contribution in [0.5, 0.6) is 0 Å². The first-order valence-corrected chi connectivity index (χ1v) is 8.17. The molecule has 1 amide bonds. The van der Waals surface area contributed by atoms with Crippen LogP contribution in [0.3, 0.4) is 0 Å². The van der Waals surface area contributed by atoms with Crippen LogP contribution < -0.4 is 10.6 Å². The number of carbonyl (C=O) groups excluding carboxylic acids is 1. The minimum absolute atomic E-state index is 0.185. The summed E-state index contributed by atoms with van der Waals surface area (Å²) in [5.41, 5.74) is 2.27. The number of aryl methyl sites for hydroxylation is 1. The van der Waals surface area contributed by atoms with Crippen molar-refractivity contribution in [3.63, 3.8) is 0 Å². The maximum absolute atomic E-state index is 12.1.